The van der Waals surface area contributed by atoms with E-state index in [0.717, 1.165) is 45.0 Å². The normalized spacial score (nSPS) is 23.3. The Kier molecular flexibility index (Phi) is 6.64. The van der Waals surface area contributed by atoms with Crippen LogP contribution in [0.25, 0.3) is 0 Å². The van der Waals surface area contributed by atoms with Gasteiger partial charge in [0.25, 0.3) is 0 Å². The van der Waals surface area contributed by atoms with Gasteiger partial charge in [-0.05, 0) is 37.1 Å². The third-order valence-electron chi connectivity index (χ3n) is 4.29. The summed E-state index contributed by atoms with van der Waals surface area (Å²) in [5, 5.41) is 19.1. The minimum Gasteiger partial charge on any atom is -0.491 e. The first kappa shape index (κ1) is 17.2. The Morgan fingerprint density at radius 1 is 1.05 bits per heavy atom. The fraction of sp³-hybridized carbons (Fsp3) is 0.647. The Balaban J connectivity index is 1.71. The predicted molar refractivity (Wildman–Crippen MR) is 85.6 cm³/mol. The summed E-state index contributed by atoms with van der Waals surface area (Å²) in [6.07, 6.45) is -0.435. The summed E-state index contributed by atoms with van der Waals surface area (Å²) in [4.78, 5) is 2.89. The quantitative estimate of drug-likeness (QED) is 0.463. The van der Waals surface area contributed by atoms with Crippen LogP contribution in [-0.2, 0) is 0 Å². The molecule has 2 rings (SSSR count). The molecule has 4 N–H and O–H groups in total. The Labute approximate surface area is 133 Å². The second kappa shape index (κ2) is 8.48. The number of nitrogens with one attached hydrogen (secondary N) is 2. The Morgan fingerprint density at radius 2 is 1.64 bits per heavy atom. The van der Waals surface area contributed by atoms with Gasteiger partial charge in [0.05, 0.1) is 6.61 Å². The van der Waals surface area contributed by atoms with Gasteiger partial charge < -0.3 is 24.7 Å². The number of hydrogen-bond acceptors (Lipinski definition) is 3. The molecule has 0 unspecified atom stereocenters. The molecule has 1 heterocycles. The van der Waals surface area contributed by atoms with E-state index in [4.69, 9.17) is 9.84 Å². The first-order valence-corrected chi connectivity index (χ1v) is 8.24. The molecule has 1 aliphatic heterocycles. The number of benzene rings is 1. The molecule has 0 aliphatic carbocycles. The van der Waals surface area contributed by atoms with Crippen LogP contribution < -0.4 is 14.5 Å². The molecule has 124 valence electrons. The van der Waals surface area contributed by atoms with Crippen molar-refractivity contribution in [1.29, 1.82) is 0 Å². The van der Waals surface area contributed by atoms with Gasteiger partial charge in [-0.3, -0.25) is 0 Å². The van der Waals surface area contributed by atoms with Crippen molar-refractivity contribution in [2.45, 2.75) is 20.0 Å². The summed E-state index contributed by atoms with van der Waals surface area (Å²) in [6, 6.07) is 6.12. The maximum absolute atomic E-state index is 10.2. The standard InChI is InChI=1S/C17H28N2O3/c1-14-9-15(2)11-17(10-14)22-13-16(21)12-19-5-3-18(4-6-19)7-8-20/h9-11,16,20-21H,3-8,12-13H2,1-2H3/p+2/t16-/m1/s1. The molecule has 0 amide bonds. The number of hydrogen-bond donors (Lipinski definition) is 4. The SMILES string of the molecule is Cc1cc(C)cc(OC[C@H](O)C[NH+]2CC[NH+](CCO)CC2)c1. The van der Waals surface area contributed by atoms with Crippen molar-refractivity contribution >= 4 is 0 Å². The van der Waals surface area contributed by atoms with Gasteiger partial charge in [0.1, 0.15) is 57.7 Å². The van der Waals surface area contributed by atoms with Crippen LogP contribution in [0.2, 0.25) is 0 Å². The average Bonchev–Trinajstić information content (AvgIpc) is 2.47. The lowest BCUT2D eigenvalue weighted by molar-refractivity contribution is -1.01. The van der Waals surface area contributed by atoms with Crippen LogP contribution in [0.4, 0.5) is 0 Å². The smallest absolute Gasteiger partial charge is 0.137 e. The van der Waals surface area contributed by atoms with Gasteiger partial charge in [0, 0.05) is 0 Å². The molecule has 1 atom stereocenters. The monoisotopic (exact) mass is 310 g/mol. The van der Waals surface area contributed by atoms with Crippen LogP contribution in [-0.4, -0.2) is 68.8 Å². The van der Waals surface area contributed by atoms with Gasteiger partial charge in [-0.2, -0.15) is 0 Å². The highest BCUT2D eigenvalue weighted by Gasteiger charge is 2.24. The van der Waals surface area contributed by atoms with Gasteiger partial charge in [0.15, 0.2) is 0 Å². The number of aryl methyl sites for hydroxylation is 2. The number of quaternary nitrogens is 2. The van der Waals surface area contributed by atoms with Gasteiger partial charge >= 0.3 is 0 Å². The topological polar surface area (TPSA) is 58.6 Å². The van der Waals surface area contributed by atoms with E-state index in [1.165, 1.54) is 20.9 Å². The number of ether oxygens (including phenoxy) is 1. The first-order chi connectivity index (χ1) is 10.6. The molecule has 0 spiro atoms. The molecule has 1 fully saturated rings. The molecule has 0 saturated carbocycles. The molecule has 1 aromatic carbocycles. The van der Waals surface area contributed by atoms with Crippen molar-refractivity contribution in [3.8, 4) is 5.75 Å². The fourth-order valence-electron chi connectivity index (χ4n) is 3.17. The zero-order valence-corrected chi connectivity index (χ0v) is 13.8. The van der Waals surface area contributed by atoms with Crippen LogP contribution in [0.3, 0.4) is 0 Å². The Morgan fingerprint density at radius 3 is 2.23 bits per heavy atom. The first-order valence-electron chi connectivity index (χ1n) is 8.24. The van der Waals surface area contributed by atoms with Crippen LogP contribution in [0.1, 0.15) is 11.1 Å². The summed E-state index contributed by atoms with van der Waals surface area (Å²) in [5.74, 6) is 0.837. The molecule has 5 nitrogen and oxygen atoms in total. The van der Waals surface area contributed by atoms with Gasteiger partial charge in [-0.1, -0.05) is 6.07 Å². The maximum atomic E-state index is 10.2. The lowest BCUT2D eigenvalue weighted by Gasteiger charge is -2.30. The van der Waals surface area contributed by atoms with Gasteiger partial charge in [-0.25, -0.2) is 0 Å². The maximum Gasteiger partial charge on any atom is 0.137 e. The van der Waals surface area contributed by atoms with Crippen molar-refractivity contribution in [3.05, 3.63) is 29.3 Å². The molecule has 22 heavy (non-hydrogen) atoms. The number of aliphatic hydroxyl groups is 2. The summed E-state index contributed by atoms with van der Waals surface area (Å²) < 4.78 is 5.73. The highest BCUT2D eigenvalue weighted by molar-refractivity contribution is 5.32. The number of piperazine rings is 1. The lowest BCUT2D eigenvalue weighted by atomic mass is 10.1. The van der Waals surface area contributed by atoms with Crippen molar-refractivity contribution in [1.82, 2.24) is 0 Å². The zero-order valence-electron chi connectivity index (χ0n) is 13.8. The van der Waals surface area contributed by atoms with Crippen molar-refractivity contribution < 1.29 is 24.7 Å². The average molecular weight is 310 g/mol. The molecule has 1 aliphatic rings. The van der Waals surface area contributed by atoms with E-state index in [0.29, 0.717) is 6.61 Å². The summed E-state index contributed by atoms with van der Waals surface area (Å²) in [6.45, 7) is 10.5. The number of rotatable bonds is 7. The fourth-order valence-corrected chi connectivity index (χ4v) is 3.17. The second-order valence-corrected chi connectivity index (χ2v) is 6.47. The van der Waals surface area contributed by atoms with E-state index < -0.39 is 6.10 Å². The summed E-state index contributed by atoms with van der Waals surface area (Å²) in [7, 11) is 0. The van der Waals surface area contributed by atoms with E-state index in [2.05, 4.69) is 19.9 Å². The van der Waals surface area contributed by atoms with Crippen LogP contribution in [0.15, 0.2) is 18.2 Å². The van der Waals surface area contributed by atoms with E-state index in [1.54, 1.807) is 0 Å². The Hall–Kier alpha value is -1.14. The van der Waals surface area contributed by atoms with Crippen molar-refractivity contribution in [3.63, 3.8) is 0 Å². The second-order valence-electron chi connectivity index (χ2n) is 6.47. The van der Waals surface area contributed by atoms with Crippen molar-refractivity contribution in [2.24, 2.45) is 0 Å². The molecular formula is C17H30N2O3+2. The van der Waals surface area contributed by atoms with Crippen LogP contribution in [0.5, 0.6) is 5.75 Å². The zero-order chi connectivity index (χ0) is 15.9. The van der Waals surface area contributed by atoms with Crippen LogP contribution in [0, 0.1) is 13.8 Å². The molecule has 1 aromatic rings. The highest BCUT2D eigenvalue weighted by Crippen LogP contribution is 2.16. The number of aliphatic hydroxyl groups excluding tert-OH is 2. The van der Waals surface area contributed by atoms with Gasteiger partial charge in [0.2, 0.25) is 0 Å². The summed E-state index contributed by atoms with van der Waals surface area (Å²) in [5.41, 5.74) is 2.36. The van der Waals surface area contributed by atoms with Crippen LogP contribution >= 0.6 is 0 Å². The highest BCUT2D eigenvalue weighted by atomic mass is 16.5. The molecule has 0 radical (unpaired) electrons. The van der Waals surface area contributed by atoms with E-state index >= 15 is 0 Å². The minimum absolute atomic E-state index is 0.261. The largest absolute Gasteiger partial charge is 0.491 e. The molecule has 0 aromatic heterocycles. The Bertz CT molecular complexity index is 439. The van der Waals surface area contributed by atoms with E-state index in [9.17, 15) is 5.11 Å². The summed E-state index contributed by atoms with van der Waals surface area (Å²) >= 11 is 0. The van der Waals surface area contributed by atoms with E-state index in [1.807, 2.05) is 12.1 Å². The molecular weight excluding hydrogens is 280 g/mol. The van der Waals surface area contributed by atoms with Crippen molar-refractivity contribution in [2.75, 3.05) is 52.5 Å². The third kappa shape index (κ3) is 5.57. The van der Waals surface area contributed by atoms with E-state index in [-0.39, 0.29) is 6.61 Å². The molecule has 0 bridgehead atoms. The molecule has 5 heteroatoms. The third-order valence-corrected chi connectivity index (χ3v) is 4.29. The molecule has 1 saturated heterocycles. The lowest BCUT2D eigenvalue weighted by Crippen LogP contribution is -3.28. The minimum atomic E-state index is -0.435. The van der Waals surface area contributed by atoms with Gasteiger partial charge in [-0.15, -0.1) is 0 Å². The predicted octanol–water partition coefficient (Wildman–Crippen LogP) is -2.18.